The summed E-state index contributed by atoms with van der Waals surface area (Å²) in [6.45, 7) is 5.28. The summed E-state index contributed by atoms with van der Waals surface area (Å²) in [5.74, 6) is 1.28. The number of nitrogens with one attached hydrogen (secondary N) is 1. The predicted octanol–water partition coefficient (Wildman–Crippen LogP) is 2.66. The molecule has 1 aromatic rings. The molecule has 1 saturated carbocycles. The van der Waals surface area contributed by atoms with E-state index in [9.17, 15) is 5.26 Å². The van der Waals surface area contributed by atoms with Gasteiger partial charge in [0, 0.05) is 0 Å². The van der Waals surface area contributed by atoms with Crippen molar-refractivity contribution in [1.29, 1.82) is 5.26 Å². The number of ether oxygens (including phenoxy) is 1. The van der Waals surface area contributed by atoms with E-state index in [2.05, 4.69) is 11.4 Å². The molecule has 0 spiro atoms. The van der Waals surface area contributed by atoms with Crippen LogP contribution in [0.4, 0.5) is 0 Å². The third-order valence-electron chi connectivity index (χ3n) is 3.42. The molecule has 0 bridgehead atoms. The zero-order valence-electron chi connectivity index (χ0n) is 11.1. The minimum Gasteiger partial charge on any atom is -0.491 e. The maximum Gasteiger partial charge on any atom is 0.143 e. The van der Waals surface area contributed by atoms with Crippen molar-refractivity contribution in [2.75, 3.05) is 13.2 Å². The van der Waals surface area contributed by atoms with Crippen molar-refractivity contribution in [3.63, 3.8) is 0 Å². The van der Waals surface area contributed by atoms with Gasteiger partial charge in [-0.25, -0.2) is 0 Å². The molecule has 3 heteroatoms. The average Bonchev–Trinajstić information content (AvgIpc) is 3.19. The summed E-state index contributed by atoms with van der Waals surface area (Å²) in [5.41, 5.74) is 0.656. The predicted molar refractivity (Wildman–Crippen MR) is 71.4 cm³/mol. The molecule has 0 aromatic heterocycles. The van der Waals surface area contributed by atoms with E-state index >= 15 is 0 Å². The molecule has 1 fully saturated rings. The van der Waals surface area contributed by atoms with Crippen LogP contribution in [0.25, 0.3) is 0 Å². The van der Waals surface area contributed by atoms with Gasteiger partial charge in [-0.2, -0.15) is 5.26 Å². The first-order chi connectivity index (χ1) is 8.70. The second-order valence-electron chi connectivity index (χ2n) is 4.99. The first-order valence-corrected chi connectivity index (χ1v) is 6.56. The Labute approximate surface area is 109 Å². The van der Waals surface area contributed by atoms with E-state index < -0.39 is 5.54 Å². The zero-order valence-corrected chi connectivity index (χ0v) is 11.1. The van der Waals surface area contributed by atoms with Crippen molar-refractivity contribution in [3.05, 3.63) is 29.8 Å². The van der Waals surface area contributed by atoms with Gasteiger partial charge < -0.3 is 4.74 Å². The summed E-state index contributed by atoms with van der Waals surface area (Å²) < 4.78 is 5.81. The summed E-state index contributed by atoms with van der Waals surface area (Å²) in [7, 11) is 0. The molecule has 1 atom stereocenters. The van der Waals surface area contributed by atoms with Crippen LogP contribution in [0.3, 0.4) is 0 Å². The average molecular weight is 244 g/mol. The molecule has 1 aliphatic carbocycles. The highest BCUT2D eigenvalue weighted by Crippen LogP contribution is 2.39. The maximum absolute atomic E-state index is 9.46. The van der Waals surface area contributed by atoms with Crippen molar-refractivity contribution in [2.45, 2.75) is 32.2 Å². The highest BCUT2D eigenvalue weighted by atomic mass is 16.5. The second kappa shape index (κ2) is 5.41. The molecule has 0 aliphatic heterocycles. The first-order valence-electron chi connectivity index (χ1n) is 6.56. The van der Waals surface area contributed by atoms with Crippen molar-refractivity contribution in [2.24, 2.45) is 5.92 Å². The lowest BCUT2D eigenvalue weighted by Gasteiger charge is -2.27. The fraction of sp³-hybridized carbons (Fsp3) is 0.533. The Kier molecular flexibility index (Phi) is 3.88. The Bertz CT molecular complexity index is 448. The number of likely N-dealkylation sites (N-methyl/N-ethyl adjacent to an activating group) is 1. The lowest BCUT2D eigenvalue weighted by molar-refractivity contribution is 0.204. The topological polar surface area (TPSA) is 45.0 Å². The minimum absolute atomic E-state index is 0.422. The van der Waals surface area contributed by atoms with Crippen molar-refractivity contribution < 1.29 is 4.74 Å². The normalized spacial score (nSPS) is 17.8. The number of nitriles is 1. The lowest BCUT2D eigenvalue weighted by atomic mass is 9.96. The zero-order chi connectivity index (χ0) is 13.0. The monoisotopic (exact) mass is 244 g/mol. The first kappa shape index (κ1) is 12.9. The van der Waals surface area contributed by atoms with Gasteiger partial charge in [0.2, 0.25) is 0 Å². The molecule has 18 heavy (non-hydrogen) atoms. The molecule has 2 rings (SSSR count). The van der Waals surface area contributed by atoms with Crippen LogP contribution in [0.5, 0.6) is 5.75 Å². The summed E-state index contributed by atoms with van der Waals surface area (Å²) >= 11 is 0. The van der Waals surface area contributed by atoms with Gasteiger partial charge in [0.05, 0.1) is 6.07 Å². The molecule has 3 nitrogen and oxygen atoms in total. The summed E-state index contributed by atoms with van der Waals surface area (Å²) in [6.07, 6.45) is 2.25. The van der Waals surface area contributed by atoms with Gasteiger partial charge in [-0.15, -0.1) is 0 Å². The number of hydrogen-bond acceptors (Lipinski definition) is 3. The van der Waals surface area contributed by atoms with Crippen LogP contribution >= 0.6 is 0 Å². The van der Waals surface area contributed by atoms with E-state index in [1.54, 1.807) is 0 Å². The molecule has 96 valence electrons. The van der Waals surface area contributed by atoms with Gasteiger partial charge >= 0.3 is 0 Å². The van der Waals surface area contributed by atoms with Crippen LogP contribution in [0.1, 0.15) is 25.3 Å². The standard InChI is InChI=1S/C15H20N2O/c1-3-17-15(10-16,13-7-8-13)11-18-14-6-4-5-12(2)9-14/h4-6,9,13,17H,3,7-8,11H2,1-2H3. The fourth-order valence-corrected chi connectivity index (χ4v) is 2.27. The Balaban J connectivity index is 2.04. The Hall–Kier alpha value is -1.53. The molecule has 1 N–H and O–H groups in total. The number of benzene rings is 1. The maximum atomic E-state index is 9.46. The van der Waals surface area contributed by atoms with E-state index in [1.807, 2.05) is 38.1 Å². The highest BCUT2D eigenvalue weighted by molar-refractivity contribution is 5.28. The Morgan fingerprint density at radius 1 is 1.50 bits per heavy atom. The fourth-order valence-electron chi connectivity index (χ4n) is 2.27. The van der Waals surface area contributed by atoms with Crippen LogP contribution in [0.15, 0.2) is 24.3 Å². The van der Waals surface area contributed by atoms with Gasteiger partial charge in [-0.05, 0) is 49.9 Å². The SMILES string of the molecule is CCNC(C#N)(COc1cccc(C)c1)C1CC1. The van der Waals surface area contributed by atoms with Gasteiger partial charge in [0.1, 0.15) is 17.9 Å². The second-order valence-corrected chi connectivity index (χ2v) is 4.99. The summed E-state index contributed by atoms with van der Waals surface area (Å²) in [4.78, 5) is 0. The van der Waals surface area contributed by atoms with Crippen molar-refractivity contribution >= 4 is 0 Å². The molecular weight excluding hydrogens is 224 g/mol. The van der Waals surface area contributed by atoms with Crippen LogP contribution in [-0.4, -0.2) is 18.7 Å². The van der Waals surface area contributed by atoms with Gasteiger partial charge in [0.15, 0.2) is 0 Å². The molecule has 1 aliphatic rings. The molecule has 0 saturated heterocycles. The van der Waals surface area contributed by atoms with Crippen molar-refractivity contribution in [3.8, 4) is 11.8 Å². The third kappa shape index (κ3) is 2.83. The summed E-state index contributed by atoms with van der Waals surface area (Å²) in [6, 6.07) is 10.4. The van der Waals surface area contributed by atoms with Crippen LogP contribution in [-0.2, 0) is 0 Å². The highest BCUT2D eigenvalue weighted by Gasteiger charge is 2.46. The number of rotatable bonds is 6. The van der Waals surface area contributed by atoms with Gasteiger partial charge in [-0.3, -0.25) is 5.32 Å². The molecule has 0 amide bonds. The van der Waals surface area contributed by atoms with E-state index in [4.69, 9.17) is 4.74 Å². The third-order valence-corrected chi connectivity index (χ3v) is 3.42. The molecule has 1 aromatic carbocycles. The molecule has 0 radical (unpaired) electrons. The van der Waals surface area contributed by atoms with E-state index in [0.717, 1.165) is 25.1 Å². The molecular formula is C15H20N2O. The van der Waals surface area contributed by atoms with E-state index in [1.165, 1.54) is 5.56 Å². The van der Waals surface area contributed by atoms with Crippen LogP contribution in [0.2, 0.25) is 0 Å². The molecule has 0 heterocycles. The van der Waals surface area contributed by atoms with Crippen molar-refractivity contribution in [1.82, 2.24) is 5.32 Å². The Morgan fingerprint density at radius 2 is 2.28 bits per heavy atom. The minimum atomic E-state index is -0.515. The van der Waals surface area contributed by atoms with Crippen LogP contribution < -0.4 is 10.1 Å². The quantitative estimate of drug-likeness (QED) is 0.836. The number of hydrogen-bond donors (Lipinski definition) is 1. The van der Waals surface area contributed by atoms with Gasteiger partial charge in [0.25, 0.3) is 0 Å². The summed E-state index contributed by atoms with van der Waals surface area (Å²) in [5, 5.41) is 12.8. The largest absolute Gasteiger partial charge is 0.491 e. The van der Waals surface area contributed by atoms with Crippen LogP contribution in [0, 0.1) is 24.2 Å². The van der Waals surface area contributed by atoms with Gasteiger partial charge in [-0.1, -0.05) is 19.1 Å². The number of nitrogens with zero attached hydrogens (tertiary/aromatic N) is 1. The number of aryl methyl sites for hydroxylation is 1. The van der Waals surface area contributed by atoms with E-state index in [0.29, 0.717) is 12.5 Å². The Morgan fingerprint density at radius 3 is 2.83 bits per heavy atom. The smallest absolute Gasteiger partial charge is 0.143 e. The molecule has 1 unspecified atom stereocenters. The van der Waals surface area contributed by atoms with E-state index in [-0.39, 0.29) is 0 Å². The lowest BCUT2D eigenvalue weighted by Crippen LogP contribution is -2.50.